The van der Waals surface area contributed by atoms with Crippen LogP contribution >= 0.6 is 0 Å². The van der Waals surface area contributed by atoms with Gasteiger partial charge in [-0.25, -0.2) is 4.39 Å². The van der Waals surface area contributed by atoms with Crippen LogP contribution in [-0.2, 0) is 0 Å². The van der Waals surface area contributed by atoms with E-state index in [2.05, 4.69) is 0 Å². The SMILES string of the molecule is C[C](C)C(O)c1ccc(F)cc1. The predicted molar refractivity (Wildman–Crippen MR) is 46.0 cm³/mol. The largest absolute Gasteiger partial charge is 0.388 e. The van der Waals surface area contributed by atoms with Crippen LogP contribution in [0, 0.1) is 11.7 Å². The van der Waals surface area contributed by atoms with Crippen molar-refractivity contribution >= 4 is 0 Å². The molecular weight excluding hydrogens is 155 g/mol. The van der Waals surface area contributed by atoms with Gasteiger partial charge in [0.05, 0.1) is 6.10 Å². The zero-order valence-corrected chi connectivity index (χ0v) is 7.21. The van der Waals surface area contributed by atoms with E-state index in [1.165, 1.54) is 12.1 Å². The first-order valence-corrected chi connectivity index (χ1v) is 3.85. The molecule has 1 nitrogen and oxygen atoms in total. The lowest BCUT2D eigenvalue weighted by atomic mass is 9.99. The summed E-state index contributed by atoms with van der Waals surface area (Å²) in [6, 6.07) is 5.88. The maximum atomic E-state index is 12.5. The van der Waals surface area contributed by atoms with E-state index >= 15 is 0 Å². The summed E-state index contributed by atoms with van der Waals surface area (Å²) in [6.45, 7) is 3.68. The molecule has 0 amide bonds. The fourth-order valence-corrected chi connectivity index (χ4v) is 0.978. The summed E-state index contributed by atoms with van der Waals surface area (Å²) < 4.78 is 12.5. The average Bonchev–Trinajstić information content (AvgIpc) is 2.04. The Morgan fingerprint density at radius 2 is 1.75 bits per heavy atom. The Morgan fingerprint density at radius 3 is 2.17 bits per heavy atom. The summed E-state index contributed by atoms with van der Waals surface area (Å²) in [6.07, 6.45) is -0.578. The van der Waals surface area contributed by atoms with Gasteiger partial charge in [-0.3, -0.25) is 0 Å². The molecule has 0 spiro atoms. The maximum Gasteiger partial charge on any atom is 0.123 e. The molecule has 12 heavy (non-hydrogen) atoms. The number of aliphatic hydroxyl groups excluding tert-OH is 1. The highest BCUT2D eigenvalue weighted by Crippen LogP contribution is 2.22. The minimum atomic E-state index is -0.578. The Hall–Kier alpha value is -0.890. The number of benzene rings is 1. The number of hydrogen-bond acceptors (Lipinski definition) is 1. The standard InChI is InChI=1S/C10H12FO/c1-7(2)10(12)8-3-5-9(11)6-4-8/h3-6,10,12H,1-2H3. The third kappa shape index (κ3) is 2.05. The van der Waals surface area contributed by atoms with Gasteiger partial charge in [-0.2, -0.15) is 0 Å². The maximum absolute atomic E-state index is 12.5. The predicted octanol–water partition coefficient (Wildman–Crippen LogP) is 2.47. The summed E-state index contributed by atoms with van der Waals surface area (Å²) in [5.41, 5.74) is 0.733. The molecule has 1 radical (unpaired) electrons. The van der Waals surface area contributed by atoms with Crippen molar-refractivity contribution in [2.24, 2.45) is 0 Å². The molecule has 0 aliphatic heterocycles. The molecule has 1 aromatic carbocycles. The molecule has 0 aliphatic rings. The molecule has 1 aromatic rings. The molecule has 0 aliphatic carbocycles. The summed E-state index contributed by atoms with van der Waals surface area (Å²) in [4.78, 5) is 0. The van der Waals surface area contributed by atoms with Crippen molar-refractivity contribution in [1.82, 2.24) is 0 Å². The minimum absolute atomic E-state index is 0.278. The van der Waals surface area contributed by atoms with Gasteiger partial charge in [0.15, 0.2) is 0 Å². The normalized spacial score (nSPS) is 13.4. The van der Waals surface area contributed by atoms with Gasteiger partial charge >= 0.3 is 0 Å². The van der Waals surface area contributed by atoms with Gasteiger partial charge in [0.25, 0.3) is 0 Å². The van der Waals surface area contributed by atoms with Gasteiger partial charge in [-0.05, 0) is 17.7 Å². The lowest BCUT2D eigenvalue weighted by Crippen LogP contribution is -2.03. The molecule has 0 aromatic heterocycles. The van der Waals surface area contributed by atoms with E-state index in [4.69, 9.17) is 0 Å². The smallest absolute Gasteiger partial charge is 0.123 e. The molecular formula is C10H12FO. The van der Waals surface area contributed by atoms with Crippen LogP contribution in [0.4, 0.5) is 4.39 Å². The number of rotatable bonds is 2. The molecule has 2 heteroatoms. The second kappa shape index (κ2) is 3.68. The van der Waals surface area contributed by atoms with Gasteiger partial charge in [-0.1, -0.05) is 26.0 Å². The number of halogens is 1. The van der Waals surface area contributed by atoms with Gasteiger partial charge in [0.1, 0.15) is 5.82 Å². The first kappa shape index (κ1) is 9.20. The lowest BCUT2D eigenvalue weighted by Gasteiger charge is -2.13. The molecule has 1 unspecified atom stereocenters. The molecule has 1 atom stereocenters. The quantitative estimate of drug-likeness (QED) is 0.717. The van der Waals surface area contributed by atoms with Crippen LogP contribution in [0.2, 0.25) is 0 Å². The van der Waals surface area contributed by atoms with Crippen molar-refractivity contribution in [3.63, 3.8) is 0 Å². The minimum Gasteiger partial charge on any atom is -0.388 e. The Bertz CT molecular complexity index is 241. The lowest BCUT2D eigenvalue weighted by molar-refractivity contribution is 0.192. The topological polar surface area (TPSA) is 20.2 Å². The zero-order chi connectivity index (χ0) is 9.14. The van der Waals surface area contributed by atoms with E-state index in [9.17, 15) is 9.50 Å². The van der Waals surface area contributed by atoms with Gasteiger partial charge in [0, 0.05) is 5.92 Å². The average molecular weight is 167 g/mol. The first-order chi connectivity index (χ1) is 5.61. The highest BCUT2D eigenvalue weighted by molar-refractivity contribution is 5.22. The van der Waals surface area contributed by atoms with Crippen molar-refractivity contribution in [2.75, 3.05) is 0 Å². The molecule has 0 heterocycles. The van der Waals surface area contributed by atoms with Crippen molar-refractivity contribution in [3.05, 3.63) is 41.6 Å². The van der Waals surface area contributed by atoms with Crippen LogP contribution < -0.4 is 0 Å². The molecule has 65 valence electrons. The molecule has 0 bridgehead atoms. The van der Waals surface area contributed by atoms with Crippen molar-refractivity contribution in [1.29, 1.82) is 0 Å². The number of aliphatic hydroxyl groups is 1. The van der Waals surface area contributed by atoms with E-state index in [-0.39, 0.29) is 5.82 Å². The van der Waals surface area contributed by atoms with Gasteiger partial charge < -0.3 is 5.11 Å². The summed E-state index contributed by atoms with van der Waals surface area (Å²) in [5.74, 6) is 0.626. The molecule has 1 rings (SSSR count). The number of hydrogen-bond donors (Lipinski definition) is 1. The van der Waals surface area contributed by atoms with E-state index in [1.807, 2.05) is 13.8 Å². The van der Waals surface area contributed by atoms with Crippen LogP contribution in [-0.4, -0.2) is 5.11 Å². The third-order valence-corrected chi connectivity index (χ3v) is 1.73. The Balaban J connectivity index is 2.82. The highest BCUT2D eigenvalue weighted by Gasteiger charge is 2.11. The van der Waals surface area contributed by atoms with Crippen molar-refractivity contribution in [2.45, 2.75) is 20.0 Å². The second-order valence-electron chi connectivity index (χ2n) is 3.03. The second-order valence-corrected chi connectivity index (χ2v) is 3.03. The molecule has 0 saturated heterocycles. The van der Waals surface area contributed by atoms with E-state index in [0.29, 0.717) is 0 Å². The van der Waals surface area contributed by atoms with Crippen molar-refractivity contribution < 1.29 is 9.50 Å². The Morgan fingerprint density at radius 1 is 1.25 bits per heavy atom. The van der Waals surface area contributed by atoms with Crippen LogP contribution in [0.3, 0.4) is 0 Å². The summed E-state index contributed by atoms with van der Waals surface area (Å²) >= 11 is 0. The first-order valence-electron chi connectivity index (χ1n) is 3.85. The fourth-order valence-electron chi connectivity index (χ4n) is 0.978. The Kier molecular flexibility index (Phi) is 2.82. The zero-order valence-electron chi connectivity index (χ0n) is 7.21. The third-order valence-electron chi connectivity index (χ3n) is 1.73. The summed E-state index contributed by atoms with van der Waals surface area (Å²) in [5, 5.41) is 9.53. The van der Waals surface area contributed by atoms with Crippen molar-refractivity contribution in [3.8, 4) is 0 Å². The molecule has 0 saturated carbocycles. The summed E-state index contributed by atoms with van der Waals surface area (Å²) in [7, 11) is 0. The van der Waals surface area contributed by atoms with Crippen LogP contribution in [0.15, 0.2) is 24.3 Å². The van der Waals surface area contributed by atoms with Crippen LogP contribution in [0.5, 0.6) is 0 Å². The van der Waals surface area contributed by atoms with E-state index in [1.54, 1.807) is 12.1 Å². The van der Waals surface area contributed by atoms with Crippen LogP contribution in [0.1, 0.15) is 25.5 Å². The van der Waals surface area contributed by atoms with Gasteiger partial charge in [-0.15, -0.1) is 0 Å². The van der Waals surface area contributed by atoms with E-state index < -0.39 is 6.10 Å². The monoisotopic (exact) mass is 167 g/mol. The highest BCUT2D eigenvalue weighted by atomic mass is 19.1. The van der Waals surface area contributed by atoms with Gasteiger partial charge in [0.2, 0.25) is 0 Å². The van der Waals surface area contributed by atoms with E-state index in [0.717, 1.165) is 11.5 Å². The Labute approximate surface area is 71.9 Å². The molecule has 1 N–H and O–H groups in total. The van der Waals surface area contributed by atoms with Crippen LogP contribution in [0.25, 0.3) is 0 Å². The fraction of sp³-hybridized carbons (Fsp3) is 0.300. The molecule has 0 fully saturated rings.